The predicted octanol–water partition coefficient (Wildman–Crippen LogP) is 5.96. The molecule has 0 radical (unpaired) electrons. The minimum absolute atomic E-state index is 0.203. The second kappa shape index (κ2) is 10.1. The second-order valence-electron chi connectivity index (χ2n) is 7.72. The van der Waals surface area contributed by atoms with Crippen LogP contribution in [0.2, 0.25) is 0 Å². The largest absolute Gasteiger partial charge is 0.344 e. The van der Waals surface area contributed by atoms with Gasteiger partial charge in [0.2, 0.25) is 0 Å². The van der Waals surface area contributed by atoms with Gasteiger partial charge in [0.25, 0.3) is 5.91 Å². The first-order valence-corrected chi connectivity index (χ1v) is 10.7. The minimum atomic E-state index is -0.369. The molecule has 30 heavy (non-hydrogen) atoms. The zero-order valence-corrected chi connectivity index (χ0v) is 18.1. The van der Waals surface area contributed by atoms with E-state index in [1.807, 2.05) is 68.4 Å². The van der Waals surface area contributed by atoms with Crippen molar-refractivity contribution < 1.29 is 4.79 Å². The second-order valence-corrected chi connectivity index (χ2v) is 7.72. The maximum atomic E-state index is 13.3. The molecule has 0 atom stereocenters. The Morgan fingerprint density at radius 3 is 2.33 bits per heavy atom. The summed E-state index contributed by atoms with van der Waals surface area (Å²) in [4.78, 5) is 26.3. The lowest BCUT2D eigenvalue weighted by molar-refractivity contribution is 0.102. The quantitative estimate of drug-likeness (QED) is 0.472. The molecule has 3 aromatic rings. The molecule has 1 aromatic heterocycles. The first-order valence-electron chi connectivity index (χ1n) is 10.7. The fourth-order valence-corrected chi connectivity index (χ4v) is 3.81. The number of aryl methyl sites for hydroxylation is 2. The van der Waals surface area contributed by atoms with Gasteiger partial charge in [0.1, 0.15) is 5.56 Å². The molecule has 0 aliphatic carbocycles. The van der Waals surface area contributed by atoms with Crippen LogP contribution >= 0.6 is 0 Å². The Morgan fingerprint density at radius 2 is 1.63 bits per heavy atom. The highest BCUT2D eigenvalue weighted by molar-refractivity contribution is 6.08. The van der Waals surface area contributed by atoms with E-state index >= 15 is 0 Å². The molecule has 1 N–H and O–H groups in total. The standard InChI is InChI=1S/C26H30N2O2/c1-4-5-6-12-17-28-20(3)18-23(29)24(25(28)22-16-11-10-13-19(22)2)26(30)27-21-14-8-7-9-15-21/h7-11,13-16,18H,4-6,12,17H2,1-3H3,(H,27,30). The van der Waals surface area contributed by atoms with Crippen molar-refractivity contribution >= 4 is 11.6 Å². The molecule has 0 spiro atoms. The van der Waals surface area contributed by atoms with Gasteiger partial charge in [0.05, 0.1) is 5.69 Å². The number of pyridine rings is 1. The fourth-order valence-electron chi connectivity index (χ4n) is 3.81. The average Bonchev–Trinajstić information content (AvgIpc) is 2.73. The number of hydrogen-bond donors (Lipinski definition) is 1. The number of carbonyl (C=O) groups excluding carboxylic acids is 1. The SMILES string of the molecule is CCCCCCn1c(C)cc(=O)c(C(=O)Nc2ccccc2)c1-c1ccccc1C. The Balaban J connectivity index is 2.13. The molecule has 0 bridgehead atoms. The van der Waals surface area contributed by atoms with Crippen LogP contribution in [0.25, 0.3) is 11.3 Å². The van der Waals surface area contributed by atoms with E-state index in [0.29, 0.717) is 11.4 Å². The van der Waals surface area contributed by atoms with Crippen LogP contribution in [0.15, 0.2) is 65.5 Å². The molecule has 0 aliphatic heterocycles. The zero-order chi connectivity index (χ0) is 21.5. The number of unbranched alkanes of at least 4 members (excludes halogenated alkanes) is 3. The van der Waals surface area contributed by atoms with Crippen LogP contribution in [0.3, 0.4) is 0 Å². The summed E-state index contributed by atoms with van der Waals surface area (Å²) < 4.78 is 2.14. The summed E-state index contributed by atoms with van der Waals surface area (Å²) in [5.41, 5.74) is 4.19. The molecule has 1 heterocycles. The average molecular weight is 403 g/mol. The van der Waals surface area contributed by atoms with Gasteiger partial charge >= 0.3 is 0 Å². The van der Waals surface area contributed by atoms with Crippen molar-refractivity contribution in [2.45, 2.75) is 53.0 Å². The molecule has 0 fully saturated rings. The third kappa shape index (κ3) is 4.88. The number of hydrogen-bond acceptors (Lipinski definition) is 2. The van der Waals surface area contributed by atoms with Crippen molar-refractivity contribution in [3.8, 4) is 11.3 Å². The maximum Gasteiger partial charge on any atom is 0.261 e. The number of nitrogens with zero attached hydrogens (tertiary/aromatic N) is 1. The Bertz CT molecular complexity index is 1070. The topological polar surface area (TPSA) is 51.1 Å². The third-order valence-corrected chi connectivity index (χ3v) is 5.41. The molecule has 4 nitrogen and oxygen atoms in total. The van der Waals surface area contributed by atoms with E-state index in [1.54, 1.807) is 6.07 Å². The zero-order valence-electron chi connectivity index (χ0n) is 18.1. The molecule has 0 aliphatic rings. The van der Waals surface area contributed by atoms with Crippen molar-refractivity contribution in [2.75, 3.05) is 5.32 Å². The van der Waals surface area contributed by atoms with Crippen LogP contribution in [0.1, 0.15) is 54.2 Å². The van der Waals surface area contributed by atoms with Gasteiger partial charge in [0.15, 0.2) is 5.43 Å². The van der Waals surface area contributed by atoms with E-state index in [2.05, 4.69) is 16.8 Å². The normalized spacial score (nSPS) is 10.8. The summed E-state index contributed by atoms with van der Waals surface area (Å²) >= 11 is 0. The number of rotatable bonds is 8. The number of anilines is 1. The molecule has 0 saturated carbocycles. The molecular formula is C26H30N2O2. The molecule has 0 unspecified atom stereocenters. The van der Waals surface area contributed by atoms with E-state index < -0.39 is 0 Å². The van der Waals surface area contributed by atoms with E-state index in [0.717, 1.165) is 36.2 Å². The molecule has 0 saturated heterocycles. The number of para-hydroxylation sites is 1. The monoisotopic (exact) mass is 402 g/mol. The number of nitrogens with one attached hydrogen (secondary N) is 1. The Morgan fingerprint density at radius 1 is 0.933 bits per heavy atom. The van der Waals surface area contributed by atoms with E-state index in [9.17, 15) is 9.59 Å². The molecule has 156 valence electrons. The van der Waals surface area contributed by atoms with Crippen LogP contribution in [0.5, 0.6) is 0 Å². The number of carbonyl (C=O) groups is 1. The fraction of sp³-hybridized carbons (Fsp3) is 0.308. The predicted molar refractivity (Wildman–Crippen MR) is 124 cm³/mol. The summed E-state index contributed by atoms with van der Waals surface area (Å²) in [5.74, 6) is -0.369. The maximum absolute atomic E-state index is 13.3. The summed E-state index contributed by atoms with van der Waals surface area (Å²) in [5, 5.41) is 2.90. The lowest BCUT2D eigenvalue weighted by atomic mass is 9.98. The van der Waals surface area contributed by atoms with Gasteiger partial charge in [-0.2, -0.15) is 0 Å². The highest BCUT2D eigenvalue weighted by Gasteiger charge is 2.22. The van der Waals surface area contributed by atoms with Crippen LogP contribution in [-0.4, -0.2) is 10.5 Å². The molecule has 4 heteroatoms. The van der Waals surface area contributed by atoms with Crippen molar-refractivity contribution in [2.24, 2.45) is 0 Å². The van der Waals surface area contributed by atoms with Gasteiger partial charge in [-0.15, -0.1) is 0 Å². The number of amides is 1. The molecular weight excluding hydrogens is 372 g/mol. The van der Waals surface area contributed by atoms with Gasteiger partial charge in [0, 0.05) is 29.6 Å². The highest BCUT2D eigenvalue weighted by atomic mass is 16.2. The molecule has 1 amide bonds. The smallest absolute Gasteiger partial charge is 0.261 e. The van der Waals surface area contributed by atoms with Gasteiger partial charge in [-0.1, -0.05) is 68.7 Å². The summed E-state index contributed by atoms with van der Waals surface area (Å²) in [6.45, 7) is 6.93. The van der Waals surface area contributed by atoms with Crippen LogP contribution < -0.4 is 10.7 Å². The Labute approximate surface area is 178 Å². The van der Waals surface area contributed by atoms with Gasteiger partial charge in [-0.05, 0) is 38.0 Å². The first-order chi connectivity index (χ1) is 14.5. The lowest BCUT2D eigenvalue weighted by Crippen LogP contribution is -2.27. The third-order valence-electron chi connectivity index (χ3n) is 5.41. The first kappa shape index (κ1) is 21.6. The van der Waals surface area contributed by atoms with Crippen LogP contribution in [0.4, 0.5) is 5.69 Å². The summed E-state index contributed by atoms with van der Waals surface area (Å²) in [7, 11) is 0. The van der Waals surface area contributed by atoms with Crippen molar-refractivity contribution in [3.05, 3.63) is 87.7 Å². The Kier molecular flexibility index (Phi) is 7.23. The van der Waals surface area contributed by atoms with E-state index in [-0.39, 0.29) is 16.9 Å². The molecule has 3 rings (SSSR count). The van der Waals surface area contributed by atoms with Crippen molar-refractivity contribution in [1.29, 1.82) is 0 Å². The van der Waals surface area contributed by atoms with Crippen LogP contribution in [0, 0.1) is 13.8 Å². The van der Waals surface area contributed by atoms with Gasteiger partial charge < -0.3 is 9.88 Å². The van der Waals surface area contributed by atoms with E-state index in [1.165, 1.54) is 12.8 Å². The molecule has 2 aromatic carbocycles. The minimum Gasteiger partial charge on any atom is -0.344 e. The number of aromatic nitrogens is 1. The highest BCUT2D eigenvalue weighted by Crippen LogP contribution is 2.28. The van der Waals surface area contributed by atoms with Gasteiger partial charge in [-0.25, -0.2) is 0 Å². The number of benzene rings is 2. The van der Waals surface area contributed by atoms with E-state index in [4.69, 9.17) is 0 Å². The van der Waals surface area contributed by atoms with Crippen molar-refractivity contribution in [3.63, 3.8) is 0 Å². The summed E-state index contributed by atoms with van der Waals surface area (Å²) in [6.07, 6.45) is 4.48. The van der Waals surface area contributed by atoms with Gasteiger partial charge in [-0.3, -0.25) is 9.59 Å². The lowest BCUT2D eigenvalue weighted by Gasteiger charge is -2.21. The van der Waals surface area contributed by atoms with Crippen LogP contribution in [-0.2, 0) is 6.54 Å². The Hall–Kier alpha value is -3.14. The van der Waals surface area contributed by atoms with Crippen molar-refractivity contribution in [1.82, 2.24) is 4.57 Å². The summed E-state index contributed by atoms with van der Waals surface area (Å²) in [6, 6.07) is 18.8.